The molecule has 0 radical (unpaired) electrons. The van der Waals surface area contributed by atoms with Gasteiger partial charge in [0.05, 0.1) is 32.2 Å². The fourth-order valence-corrected chi connectivity index (χ4v) is 4.50. The van der Waals surface area contributed by atoms with Gasteiger partial charge in [0.15, 0.2) is 16.9 Å². The first-order valence-electron chi connectivity index (χ1n) is 12.5. The van der Waals surface area contributed by atoms with Crippen molar-refractivity contribution in [2.75, 3.05) is 7.11 Å². The minimum absolute atomic E-state index is 0.0701. The molecule has 39 heavy (non-hydrogen) atoms. The Morgan fingerprint density at radius 2 is 1.67 bits per heavy atom. The number of fused-ring (bicyclic) bond motifs is 1. The lowest BCUT2D eigenvalue weighted by Gasteiger charge is -2.14. The van der Waals surface area contributed by atoms with Gasteiger partial charge in [-0.3, -0.25) is 14.2 Å². The molecule has 0 saturated carbocycles. The lowest BCUT2D eigenvalue weighted by Crippen LogP contribution is -2.40. The number of carbonyl (C=O) groups excluding carboxylic acids is 1. The molecule has 5 aromatic rings. The number of halogens is 1. The summed E-state index contributed by atoms with van der Waals surface area (Å²) in [6.07, 6.45) is 1.37. The van der Waals surface area contributed by atoms with Crippen molar-refractivity contribution in [3.05, 3.63) is 122 Å². The lowest BCUT2D eigenvalue weighted by atomic mass is 10.0. The summed E-state index contributed by atoms with van der Waals surface area (Å²) in [5.74, 6) is 0.119. The maximum Gasteiger partial charge on any atom is 0.337 e. The number of benzene rings is 3. The van der Waals surface area contributed by atoms with E-state index in [1.807, 2.05) is 12.1 Å². The van der Waals surface area contributed by atoms with Crippen LogP contribution in [0.2, 0.25) is 0 Å². The molecule has 9 heteroatoms. The first kappa shape index (κ1) is 25.8. The Morgan fingerprint density at radius 3 is 2.31 bits per heavy atom. The fraction of sp³-hybridized carbons (Fsp3) is 0.200. The zero-order valence-corrected chi connectivity index (χ0v) is 21.8. The van der Waals surface area contributed by atoms with Crippen LogP contribution < -0.4 is 16.0 Å². The fourth-order valence-electron chi connectivity index (χ4n) is 4.50. The van der Waals surface area contributed by atoms with Crippen molar-refractivity contribution < 1.29 is 13.9 Å². The molecule has 0 aliphatic carbocycles. The van der Waals surface area contributed by atoms with Gasteiger partial charge >= 0.3 is 5.69 Å². The van der Waals surface area contributed by atoms with Crippen LogP contribution in [0.4, 0.5) is 4.39 Å². The molecule has 0 atom stereocenters. The van der Waals surface area contributed by atoms with Crippen LogP contribution in [0.25, 0.3) is 16.9 Å². The van der Waals surface area contributed by atoms with Crippen molar-refractivity contribution in [1.29, 1.82) is 0 Å². The van der Waals surface area contributed by atoms with Gasteiger partial charge in [0.1, 0.15) is 11.6 Å². The maximum absolute atomic E-state index is 14.5. The summed E-state index contributed by atoms with van der Waals surface area (Å²) < 4.78 is 23.4. The normalized spacial score (nSPS) is 11.3. The van der Waals surface area contributed by atoms with E-state index in [-0.39, 0.29) is 41.5 Å². The van der Waals surface area contributed by atoms with Gasteiger partial charge in [-0.25, -0.2) is 18.7 Å². The summed E-state index contributed by atoms with van der Waals surface area (Å²) in [5, 5.41) is 0. The highest BCUT2D eigenvalue weighted by molar-refractivity contribution is 5.96. The van der Waals surface area contributed by atoms with E-state index in [0.29, 0.717) is 17.0 Å². The number of aromatic nitrogens is 4. The van der Waals surface area contributed by atoms with Crippen molar-refractivity contribution in [3.63, 3.8) is 0 Å². The largest absolute Gasteiger partial charge is 0.497 e. The number of nitrogens with zero attached hydrogens (tertiary/aromatic N) is 4. The quantitative estimate of drug-likeness (QED) is 0.277. The van der Waals surface area contributed by atoms with E-state index >= 15 is 0 Å². The third kappa shape index (κ3) is 4.90. The average molecular weight is 527 g/mol. The van der Waals surface area contributed by atoms with Gasteiger partial charge < -0.3 is 9.30 Å². The van der Waals surface area contributed by atoms with Crippen LogP contribution in [0.15, 0.2) is 88.7 Å². The standard InChI is InChI=1S/C30H27FN4O4/c1-19(2)20-8-12-23(13-9-20)35-28-27(29(37)34(30(35)38)16-22-6-4-5-7-25(22)31)33(18-32-28)17-26(36)21-10-14-24(39-3)15-11-21/h4-15,18-19H,16-17H2,1-3H3. The smallest absolute Gasteiger partial charge is 0.337 e. The van der Waals surface area contributed by atoms with Crippen molar-refractivity contribution >= 4 is 16.9 Å². The van der Waals surface area contributed by atoms with Crippen molar-refractivity contribution in [1.82, 2.24) is 18.7 Å². The number of hydrogen-bond acceptors (Lipinski definition) is 5. The molecule has 198 valence electrons. The van der Waals surface area contributed by atoms with E-state index < -0.39 is 17.1 Å². The molecular weight excluding hydrogens is 499 g/mol. The molecule has 0 fully saturated rings. The highest BCUT2D eigenvalue weighted by atomic mass is 19.1. The molecule has 2 heterocycles. The number of Topliss-reactive ketones (excluding diaryl/α,β-unsaturated/α-hetero) is 1. The van der Waals surface area contributed by atoms with Gasteiger partial charge in [-0.15, -0.1) is 0 Å². The maximum atomic E-state index is 14.5. The van der Waals surface area contributed by atoms with E-state index in [2.05, 4.69) is 18.8 Å². The third-order valence-electron chi connectivity index (χ3n) is 6.73. The molecule has 0 aliphatic rings. The minimum Gasteiger partial charge on any atom is -0.497 e. The third-order valence-corrected chi connectivity index (χ3v) is 6.73. The van der Waals surface area contributed by atoms with Crippen molar-refractivity contribution in [2.45, 2.75) is 32.9 Å². The first-order valence-corrected chi connectivity index (χ1v) is 12.5. The number of ketones is 1. The van der Waals surface area contributed by atoms with E-state index in [9.17, 15) is 18.8 Å². The summed E-state index contributed by atoms with van der Waals surface area (Å²) >= 11 is 0. The summed E-state index contributed by atoms with van der Waals surface area (Å²) in [6, 6.07) is 20.0. The lowest BCUT2D eigenvalue weighted by molar-refractivity contribution is 0.0973. The Morgan fingerprint density at radius 1 is 0.974 bits per heavy atom. The molecule has 8 nitrogen and oxygen atoms in total. The molecule has 0 unspecified atom stereocenters. The van der Waals surface area contributed by atoms with Crippen LogP contribution in [0.1, 0.15) is 41.3 Å². The summed E-state index contributed by atoms with van der Waals surface area (Å²) in [4.78, 5) is 44.9. The average Bonchev–Trinajstić information content (AvgIpc) is 3.35. The van der Waals surface area contributed by atoms with Crippen LogP contribution in [0.5, 0.6) is 5.75 Å². The van der Waals surface area contributed by atoms with Gasteiger partial charge in [0, 0.05) is 11.1 Å². The van der Waals surface area contributed by atoms with Gasteiger partial charge in [-0.1, -0.05) is 44.2 Å². The number of rotatable bonds is 8. The molecule has 0 aliphatic heterocycles. The van der Waals surface area contributed by atoms with Crippen LogP contribution in [-0.2, 0) is 13.1 Å². The number of hydrogen-bond donors (Lipinski definition) is 0. The molecule has 0 N–H and O–H groups in total. The Balaban J connectivity index is 1.68. The second-order valence-electron chi connectivity index (χ2n) is 9.54. The number of imidazole rings is 1. The van der Waals surface area contributed by atoms with Crippen molar-refractivity contribution in [2.24, 2.45) is 0 Å². The zero-order chi connectivity index (χ0) is 27.7. The SMILES string of the molecule is COc1ccc(C(=O)Cn2cnc3c2c(=O)n(Cc2ccccc2F)c(=O)n3-c2ccc(C(C)C)cc2)cc1. The predicted molar refractivity (Wildman–Crippen MR) is 147 cm³/mol. The second kappa shape index (κ2) is 10.5. The number of carbonyl (C=O) groups is 1. The summed E-state index contributed by atoms with van der Waals surface area (Å²) in [7, 11) is 1.54. The van der Waals surface area contributed by atoms with E-state index in [1.165, 1.54) is 34.7 Å². The van der Waals surface area contributed by atoms with Crippen LogP contribution >= 0.6 is 0 Å². The van der Waals surface area contributed by atoms with Crippen LogP contribution in [0, 0.1) is 5.82 Å². The predicted octanol–water partition coefficient (Wildman–Crippen LogP) is 4.55. The molecule has 0 amide bonds. The first-order chi connectivity index (χ1) is 18.8. The Kier molecular flexibility index (Phi) is 6.98. The van der Waals surface area contributed by atoms with Crippen molar-refractivity contribution in [3.8, 4) is 11.4 Å². The monoisotopic (exact) mass is 526 g/mol. The van der Waals surface area contributed by atoms with Gasteiger partial charge in [-0.05, 0) is 53.9 Å². The van der Waals surface area contributed by atoms with Gasteiger partial charge in [0.2, 0.25) is 0 Å². The van der Waals surface area contributed by atoms with E-state index in [4.69, 9.17) is 4.74 Å². The molecule has 2 aromatic heterocycles. The minimum atomic E-state index is -0.659. The molecule has 0 bridgehead atoms. The molecule has 5 rings (SSSR count). The topological polar surface area (TPSA) is 88.1 Å². The Labute approximate surface area is 223 Å². The van der Waals surface area contributed by atoms with Gasteiger partial charge in [0.25, 0.3) is 5.56 Å². The molecule has 0 saturated heterocycles. The molecule has 0 spiro atoms. The Hall–Kier alpha value is -4.79. The van der Waals surface area contributed by atoms with Gasteiger partial charge in [-0.2, -0.15) is 0 Å². The summed E-state index contributed by atoms with van der Waals surface area (Å²) in [5.41, 5.74) is 1.09. The zero-order valence-electron chi connectivity index (χ0n) is 21.8. The molecule has 3 aromatic carbocycles. The van der Waals surface area contributed by atoms with E-state index in [1.54, 1.807) is 48.5 Å². The van der Waals surface area contributed by atoms with Crippen LogP contribution in [0.3, 0.4) is 0 Å². The highest BCUT2D eigenvalue weighted by Crippen LogP contribution is 2.19. The number of methoxy groups -OCH3 is 1. The highest BCUT2D eigenvalue weighted by Gasteiger charge is 2.21. The summed E-state index contributed by atoms with van der Waals surface area (Å²) in [6.45, 7) is 3.68. The number of ether oxygens (including phenoxy) is 1. The van der Waals surface area contributed by atoms with Crippen LogP contribution in [-0.4, -0.2) is 31.6 Å². The Bertz CT molecular complexity index is 1780. The van der Waals surface area contributed by atoms with E-state index in [0.717, 1.165) is 10.1 Å². The second-order valence-corrected chi connectivity index (χ2v) is 9.54. The molecular formula is C30H27FN4O4.